The number of amides is 1. The highest BCUT2D eigenvalue weighted by atomic mass is 19.1. The Morgan fingerprint density at radius 3 is 2.44 bits per heavy atom. The van der Waals surface area contributed by atoms with E-state index in [-0.39, 0.29) is 18.0 Å². The molecular formula is C21H21FN2O3. The number of rotatable bonds is 3. The van der Waals surface area contributed by atoms with Crippen LogP contribution in [0.1, 0.15) is 26.3 Å². The van der Waals surface area contributed by atoms with Crippen LogP contribution in [-0.4, -0.2) is 35.8 Å². The summed E-state index contributed by atoms with van der Waals surface area (Å²) in [6.45, 7) is 6.33. The molecule has 0 atom stereocenters. The molecule has 0 aliphatic carbocycles. The molecule has 0 spiro atoms. The van der Waals surface area contributed by atoms with E-state index in [0.717, 1.165) is 5.56 Å². The molecule has 3 rings (SSSR count). The maximum atomic E-state index is 13.2. The fourth-order valence-electron chi connectivity index (χ4n) is 2.73. The molecule has 1 heterocycles. The molecule has 5 nitrogen and oxygen atoms in total. The second-order valence-electron chi connectivity index (χ2n) is 7.45. The van der Waals surface area contributed by atoms with Crippen molar-refractivity contribution in [3.8, 4) is 22.9 Å². The Balaban J connectivity index is 1.72. The standard InChI is InChI=1S/C21H21FN2O3/c1-21(2,3)27-20(25)24-12-17(13-24)26-19-9-4-14(11-23)10-18(19)15-5-7-16(22)8-6-15/h4-10,17H,12-13H2,1-3H3. The highest BCUT2D eigenvalue weighted by Crippen LogP contribution is 2.33. The normalized spacial score (nSPS) is 14.3. The average molecular weight is 368 g/mol. The summed E-state index contributed by atoms with van der Waals surface area (Å²) in [6, 6.07) is 13.2. The van der Waals surface area contributed by atoms with Crippen LogP contribution in [0.5, 0.6) is 5.75 Å². The van der Waals surface area contributed by atoms with Gasteiger partial charge in [0.2, 0.25) is 0 Å². The van der Waals surface area contributed by atoms with Crippen LogP contribution in [0, 0.1) is 17.1 Å². The van der Waals surface area contributed by atoms with Gasteiger partial charge in [0.15, 0.2) is 0 Å². The number of nitriles is 1. The molecule has 0 unspecified atom stereocenters. The molecule has 140 valence electrons. The largest absolute Gasteiger partial charge is 0.486 e. The minimum Gasteiger partial charge on any atom is -0.486 e. The molecule has 1 amide bonds. The maximum Gasteiger partial charge on any atom is 0.410 e. The lowest BCUT2D eigenvalue weighted by molar-refractivity contribution is -0.0220. The Hall–Kier alpha value is -3.07. The first kappa shape index (κ1) is 18.7. The van der Waals surface area contributed by atoms with Gasteiger partial charge >= 0.3 is 6.09 Å². The Kier molecular flexibility index (Phi) is 5.04. The summed E-state index contributed by atoms with van der Waals surface area (Å²) in [5, 5.41) is 9.16. The van der Waals surface area contributed by atoms with E-state index < -0.39 is 5.60 Å². The highest BCUT2D eigenvalue weighted by Gasteiger charge is 2.35. The first-order valence-electron chi connectivity index (χ1n) is 8.70. The van der Waals surface area contributed by atoms with E-state index in [0.29, 0.717) is 30.0 Å². The van der Waals surface area contributed by atoms with Gasteiger partial charge in [-0.25, -0.2) is 9.18 Å². The molecule has 1 aliphatic heterocycles. The molecule has 2 aromatic rings. The van der Waals surface area contributed by atoms with Crippen molar-refractivity contribution in [3.05, 3.63) is 53.8 Å². The van der Waals surface area contributed by atoms with Gasteiger partial charge < -0.3 is 14.4 Å². The Labute approximate surface area is 157 Å². The molecule has 0 bridgehead atoms. The lowest BCUT2D eigenvalue weighted by Gasteiger charge is -2.39. The summed E-state index contributed by atoms with van der Waals surface area (Å²) in [4.78, 5) is 13.6. The van der Waals surface area contributed by atoms with Gasteiger partial charge in [-0.1, -0.05) is 12.1 Å². The first-order valence-corrected chi connectivity index (χ1v) is 8.70. The molecule has 27 heavy (non-hydrogen) atoms. The number of ether oxygens (including phenoxy) is 2. The minimum absolute atomic E-state index is 0.162. The quantitative estimate of drug-likeness (QED) is 0.807. The average Bonchev–Trinajstić information content (AvgIpc) is 2.57. The zero-order valence-corrected chi connectivity index (χ0v) is 15.5. The molecule has 2 aromatic carbocycles. The van der Waals surface area contributed by atoms with Crippen molar-refractivity contribution in [1.29, 1.82) is 5.26 Å². The minimum atomic E-state index is -0.536. The SMILES string of the molecule is CC(C)(C)OC(=O)N1CC(Oc2ccc(C#N)cc2-c2ccc(F)cc2)C1. The molecule has 0 saturated carbocycles. The van der Waals surface area contributed by atoms with Crippen LogP contribution < -0.4 is 4.74 Å². The Morgan fingerprint density at radius 2 is 1.85 bits per heavy atom. The highest BCUT2D eigenvalue weighted by molar-refractivity contribution is 5.72. The number of benzene rings is 2. The number of carbonyl (C=O) groups excluding carboxylic acids is 1. The molecule has 0 aromatic heterocycles. The van der Waals surface area contributed by atoms with E-state index in [1.807, 2.05) is 20.8 Å². The van der Waals surface area contributed by atoms with Crippen molar-refractivity contribution in [2.24, 2.45) is 0 Å². The number of carbonyl (C=O) groups is 1. The van der Waals surface area contributed by atoms with E-state index in [1.165, 1.54) is 12.1 Å². The van der Waals surface area contributed by atoms with Crippen LogP contribution in [0.3, 0.4) is 0 Å². The lowest BCUT2D eigenvalue weighted by Crippen LogP contribution is -2.57. The van der Waals surface area contributed by atoms with Crippen LogP contribution in [0.25, 0.3) is 11.1 Å². The van der Waals surface area contributed by atoms with E-state index in [1.54, 1.807) is 35.2 Å². The monoisotopic (exact) mass is 368 g/mol. The second kappa shape index (κ2) is 7.28. The van der Waals surface area contributed by atoms with Gasteiger partial charge in [0.05, 0.1) is 24.7 Å². The summed E-state index contributed by atoms with van der Waals surface area (Å²) in [6.07, 6.45) is -0.523. The van der Waals surface area contributed by atoms with Crippen LogP contribution in [0.2, 0.25) is 0 Å². The number of nitrogens with zero attached hydrogens (tertiary/aromatic N) is 2. The fraction of sp³-hybridized carbons (Fsp3) is 0.333. The van der Waals surface area contributed by atoms with Crippen molar-refractivity contribution in [3.63, 3.8) is 0 Å². The second-order valence-corrected chi connectivity index (χ2v) is 7.45. The Morgan fingerprint density at radius 1 is 1.19 bits per heavy atom. The van der Waals surface area contributed by atoms with Crippen molar-refractivity contribution in [1.82, 2.24) is 4.90 Å². The van der Waals surface area contributed by atoms with Gasteiger partial charge in [0.25, 0.3) is 0 Å². The lowest BCUT2D eigenvalue weighted by atomic mass is 10.0. The third kappa shape index (κ3) is 4.56. The third-order valence-electron chi connectivity index (χ3n) is 4.06. The van der Waals surface area contributed by atoms with Crippen LogP contribution in [0.4, 0.5) is 9.18 Å². The smallest absolute Gasteiger partial charge is 0.410 e. The van der Waals surface area contributed by atoms with Crippen LogP contribution >= 0.6 is 0 Å². The van der Waals surface area contributed by atoms with E-state index >= 15 is 0 Å². The zero-order chi connectivity index (χ0) is 19.6. The summed E-state index contributed by atoms with van der Waals surface area (Å²) < 4.78 is 24.6. The van der Waals surface area contributed by atoms with Gasteiger partial charge in [-0.3, -0.25) is 0 Å². The molecule has 6 heteroatoms. The summed E-state index contributed by atoms with van der Waals surface area (Å²) >= 11 is 0. The van der Waals surface area contributed by atoms with E-state index in [4.69, 9.17) is 14.7 Å². The molecule has 1 fully saturated rings. The number of hydrogen-bond acceptors (Lipinski definition) is 4. The molecule has 0 N–H and O–H groups in total. The third-order valence-corrected chi connectivity index (χ3v) is 4.06. The van der Waals surface area contributed by atoms with Gasteiger partial charge in [-0.15, -0.1) is 0 Å². The predicted octanol–water partition coefficient (Wildman–Crippen LogP) is 4.36. The van der Waals surface area contributed by atoms with E-state index in [9.17, 15) is 9.18 Å². The van der Waals surface area contributed by atoms with Gasteiger partial charge in [-0.2, -0.15) is 5.26 Å². The summed E-state index contributed by atoms with van der Waals surface area (Å²) in [7, 11) is 0. The van der Waals surface area contributed by atoms with Crippen molar-refractivity contribution < 1.29 is 18.7 Å². The van der Waals surface area contributed by atoms with Crippen molar-refractivity contribution in [2.45, 2.75) is 32.5 Å². The number of likely N-dealkylation sites (tertiary alicyclic amines) is 1. The fourth-order valence-corrected chi connectivity index (χ4v) is 2.73. The van der Waals surface area contributed by atoms with Crippen molar-refractivity contribution >= 4 is 6.09 Å². The topological polar surface area (TPSA) is 62.6 Å². The molecule has 0 radical (unpaired) electrons. The van der Waals surface area contributed by atoms with Crippen LogP contribution in [0.15, 0.2) is 42.5 Å². The molecule has 1 aliphatic rings. The molecular weight excluding hydrogens is 347 g/mol. The van der Waals surface area contributed by atoms with Gasteiger partial charge in [0, 0.05) is 5.56 Å². The van der Waals surface area contributed by atoms with Crippen molar-refractivity contribution in [2.75, 3.05) is 13.1 Å². The Bertz CT molecular complexity index is 876. The van der Waals surface area contributed by atoms with Gasteiger partial charge in [0.1, 0.15) is 23.3 Å². The zero-order valence-electron chi connectivity index (χ0n) is 15.5. The molecule has 1 saturated heterocycles. The number of halogens is 1. The summed E-state index contributed by atoms with van der Waals surface area (Å²) in [5.74, 6) is 0.263. The van der Waals surface area contributed by atoms with Crippen LogP contribution in [-0.2, 0) is 4.74 Å². The number of hydrogen-bond donors (Lipinski definition) is 0. The predicted molar refractivity (Wildman–Crippen MR) is 98.8 cm³/mol. The first-order chi connectivity index (χ1) is 12.7. The van der Waals surface area contributed by atoms with E-state index in [2.05, 4.69) is 6.07 Å². The maximum absolute atomic E-state index is 13.2. The summed E-state index contributed by atoms with van der Waals surface area (Å²) in [5.41, 5.74) is 1.42. The van der Waals surface area contributed by atoms with Gasteiger partial charge in [-0.05, 0) is 56.7 Å².